The number of aryl methyl sites for hydroxylation is 3. The molecule has 2 unspecified atom stereocenters. The normalized spacial score (nSPS) is 31.1. The smallest absolute Gasteiger partial charge is 0.0948 e. The first-order chi connectivity index (χ1) is 15.4. The lowest BCUT2D eigenvalue weighted by atomic mass is 9.45. The summed E-state index contributed by atoms with van der Waals surface area (Å²) in [5.74, 6) is 1.62. The van der Waals surface area contributed by atoms with Crippen LogP contribution in [0.4, 0.5) is 0 Å². The molecule has 4 aromatic rings. The minimum Gasteiger partial charge on any atom is -0.339 e. The van der Waals surface area contributed by atoms with Gasteiger partial charge in [-0.25, -0.2) is 0 Å². The van der Waals surface area contributed by atoms with Gasteiger partial charge in [-0.05, 0) is 106 Å². The van der Waals surface area contributed by atoms with Gasteiger partial charge in [0.1, 0.15) is 0 Å². The van der Waals surface area contributed by atoms with Crippen molar-refractivity contribution in [3.63, 3.8) is 0 Å². The average Bonchev–Trinajstić information content (AvgIpc) is 3.08. The fourth-order valence-corrected chi connectivity index (χ4v) is 8.31. The van der Waals surface area contributed by atoms with Crippen LogP contribution >= 0.6 is 0 Å². The molecule has 0 saturated heterocycles. The van der Waals surface area contributed by atoms with Crippen LogP contribution in [-0.4, -0.2) is 19.7 Å². The molecule has 3 heterocycles. The van der Waals surface area contributed by atoms with Crippen molar-refractivity contribution in [2.45, 2.75) is 70.3 Å². The predicted octanol–water partition coefficient (Wildman–Crippen LogP) is 6.15. The highest BCUT2D eigenvalue weighted by Gasteiger charge is 2.59. The van der Waals surface area contributed by atoms with Crippen molar-refractivity contribution in [3.8, 4) is 0 Å². The first kappa shape index (κ1) is 18.8. The largest absolute Gasteiger partial charge is 0.339 e. The summed E-state index contributed by atoms with van der Waals surface area (Å²) in [5, 5.41) is 10.9. The van der Waals surface area contributed by atoms with Crippen LogP contribution in [0.25, 0.3) is 21.8 Å². The third-order valence-corrected chi connectivity index (χ3v) is 8.92. The second-order valence-corrected chi connectivity index (χ2v) is 11.2. The van der Waals surface area contributed by atoms with E-state index in [1.165, 1.54) is 66.2 Å². The molecular weight excluding hydrogens is 392 g/mol. The summed E-state index contributed by atoms with van der Waals surface area (Å²) in [5.41, 5.74) is 7.99. The Hall–Kier alpha value is -2.75. The standard InChI is InChI=1S/C28H30N4/c1-17-4-5-25-22(6-17)7-18(2)32(25)28-12-20-8-21(13-28)11-27(10-20,16-28)24-9-23-14-30-31-19(3)26(23)29-15-24/h4-7,9,14-15,20-21H,8,10-13,16H2,1-3H3. The van der Waals surface area contributed by atoms with E-state index in [0.717, 1.165) is 28.4 Å². The fourth-order valence-electron chi connectivity index (χ4n) is 8.31. The Morgan fingerprint density at radius 2 is 1.72 bits per heavy atom. The molecule has 2 atom stereocenters. The summed E-state index contributed by atoms with van der Waals surface area (Å²) in [7, 11) is 0. The molecule has 0 N–H and O–H groups in total. The number of aromatic nitrogens is 4. The molecule has 3 aromatic heterocycles. The van der Waals surface area contributed by atoms with Crippen LogP contribution in [0.15, 0.2) is 42.7 Å². The van der Waals surface area contributed by atoms with Crippen LogP contribution in [0.2, 0.25) is 0 Å². The molecule has 4 saturated carbocycles. The molecule has 4 aliphatic carbocycles. The van der Waals surface area contributed by atoms with E-state index in [0.29, 0.717) is 0 Å². The Labute approximate surface area is 189 Å². The van der Waals surface area contributed by atoms with Gasteiger partial charge >= 0.3 is 0 Å². The molecule has 4 nitrogen and oxygen atoms in total. The van der Waals surface area contributed by atoms with Crippen molar-refractivity contribution in [3.05, 3.63) is 65.2 Å². The van der Waals surface area contributed by atoms with Crippen LogP contribution in [0.3, 0.4) is 0 Å². The molecule has 4 fully saturated rings. The number of hydrogen-bond donors (Lipinski definition) is 0. The summed E-state index contributed by atoms with van der Waals surface area (Å²) in [4.78, 5) is 4.89. The molecular formula is C28H30N4. The maximum absolute atomic E-state index is 4.89. The third kappa shape index (κ3) is 2.47. The van der Waals surface area contributed by atoms with Crippen LogP contribution < -0.4 is 0 Å². The van der Waals surface area contributed by atoms with Crippen molar-refractivity contribution in [2.75, 3.05) is 0 Å². The van der Waals surface area contributed by atoms with Gasteiger partial charge in [0.25, 0.3) is 0 Å². The topological polar surface area (TPSA) is 43.6 Å². The minimum atomic E-state index is 0.229. The molecule has 162 valence electrons. The quantitative estimate of drug-likeness (QED) is 0.389. The van der Waals surface area contributed by atoms with E-state index in [4.69, 9.17) is 4.98 Å². The highest BCUT2D eigenvalue weighted by molar-refractivity contribution is 5.83. The molecule has 0 spiro atoms. The predicted molar refractivity (Wildman–Crippen MR) is 128 cm³/mol. The third-order valence-electron chi connectivity index (χ3n) is 8.92. The Morgan fingerprint density at radius 3 is 2.53 bits per heavy atom. The first-order valence-corrected chi connectivity index (χ1v) is 12.1. The van der Waals surface area contributed by atoms with E-state index in [2.05, 4.69) is 65.1 Å². The summed E-state index contributed by atoms with van der Waals surface area (Å²) in [6.07, 6.45) is 12.0. The van der Waals surface area contributed by atoms with E-state index in [-0.39, 0.29) is 11.0 Å². The monoisotopic (exact) mass is 422 g/mol. The molecule has 4 aliphatic rings. The van der Waals surface area contributed by atoms with Crippen molar-refractivity contribution in [1.29, 1.82) is 0 Å². The van der Waals surface area contributed by atoms with Gasteiger partial charge in [-0.2, -0.15) is 10.2 Å². The first-order valence-electron chi connectivity index (χ1n) is 12.1. The average molecular weight is 423 g/mol. The lowest BCUT2D eigenvalue weighted by Gasteiger charge is -2.63. The SMILES string of the molecule is Cc1ccc2c(c1)cc(C)n2C12CC3CC(CC(c4cnc5c(C)nncc5c4)(C3)C1)C2. The summed E-state index contributed by atoms with van der Waals surface area (Å²) >= 11 is 0. The highest BCUT2D eigenvalue weighted by atomic mass is 15.1. The van der Waals surface area contributed by atoms with E-state index < -0.39 is 0 Å². The zero-order chi connectivity index (χ0) is 21.7. The van der Waals surface area contributed by atoms with Crippen LogP contribution in [-0.2, 0) is 11.0 Å². The number of fused-ring (bicyclic) bond motifs is 2. The molecule has 4 bridgehead atoms. The van der Waals surface area contributed by atoms with Crippen molar-refractivity contribution in [2.24, 2.45) is 11.8 Å². The zero-order valence-electron chi connectivity index (χ0n) is 19.2. The molecule has 4 heteroatoms. The Balaban J connectivity index is 1.40. The van der Waals surface area contributed by atoms with Gasteiger partial charge in [-0.3, -0.25) is 4.98 Å². The van der Waals surface area contributed by atoms with Crippen LogP contribution in [0, 0.1) is 32.6 Å². The number of nitrogens with zero attached hydrogens (tertiary/aromatic N) is 4. The Morgan fingerprint density at radius 1 is 0.906 bits per heavy atom. The van der Waals surface area contributed by atoms with Gasteiger partial charge in [-0.15, -0.1) is 0 Å². The molecule has 8 rings (SSSR count). The van der Waals surface area contributed by atoms with Gasteiger partial charge < -0.3 is 4.57 Å². The number of rotatable bonds is 2. The van der Waals surface area contributed by atoms with Gasteiger partial charge in [0, 0.05) is 33.7 Å². The molecule has 0 radical (unpaired) electrons. The van der Waals surface area contributed by atoms with Crippen LogP contribution in [0.5, 0.6) is 0 Å². The summed E-state index contributed by atoms with van der Waals surface area (Å²) in [6, 6.07) is 11.8. The molecule has 1 aromatic carbocycles. The number of hydrogen-bond acceptors (Lipinski definition) is 3. The van der Waals surface area contributed by atoms with Gasteiger partial charge in [0.05, 0.1) is 17.4 Å². The second-order valence-electron chi connectivity index (χ2n) is 11.2. The van der Waals surface area contributed by atoms with Crippen molar-refractivity contribution < 1.29 is 0 Å². The van der Waals surface area contributed by atoms with Crippen molar-refractivity contribution >= 4 is 21.8 Å². The Bertz CT molecular complexity index is 1380. The van der Waals surface area contributed by atoms with E-state index in [1.54, 1.807) is 0 Å². The lowest BCUT2D eigenvalue weighted by Crippen LogP contribution is -2.58. The summed E-state index contributed by atoms with van der Waals surface area (Å²) < 4.78 is 2.75. The zero-order valence-corrected chi connectivity index (χ0v) is 19.2. The van der Waals surface area contributed by atoms with Gasteiger partial charge in [0.2, 0.25) is 0 Å². The maximum Gasteiger partial charge on any atom is 0.0948 e. The van der Waals surface area contributed by atoms with Gasteiger partial charge in [0.15, 0.2) is 0 Å². The van der Waals surface area contributed by atoms with Gasteiger partial charge in [-0.1, -0.05) is 11.6 Å². The van der Waals surface area contributed by atoms with E-state index >= 15 is 0 Å². The minimum absolute atomic E-state index is 0.229. The van der Waals surface area contributed by atoms with Crippen LogP contribution in [0.1, 0.15) is 61.0 Å². The highest BCUT2D eigenvalue weighted by Crippen LogP contribution is 2.65. The summed E-state index contributed by atoms with van der Waals surface area (Å²) in [6.45, 7) is 6.52. The van der Waals surface area contributed by atoms with E-state index in [1.807, 2.05) is 13.1 Å². The van der Waals surface area contributed by atoms with Crippen molar-refractivity contribution in [1.82, 2.24) is 19.7 Å². The lowest BCUT2D eigenvalue weighted by molar-refractivity contribution is -0.0614. The number of benzene rings is 1. The Kier molecular flexibility index (Phi) is 3.63. The van der Waals surface area contributed by atoms with E-state index in [9.17, 15) is 0 Å². The molecule has 0 amide bonds. The number of pyridine rings is 1. The molecule has 32 heavy (non-hydrogen) atoms. The maximum atomic E-state index is 4.89. The molecule has 0 aliphatic heterocycles. The second kappa shape index (κ2) is 6.18. The fraction of sp³-hybridized carbons (Fsp3) is 0.464.